The van der Waals surface area contributed by atoms with Crippen LogP contribution in [0.25, 0.3) is 0 Å². The molecule has 0 spiro atoms. The van der Waals surface area contributed by atoms with E-state index in [2.05, 4.69) is 10.6 Å². The van der Waals surface area contributed by atoms with Gasteiger partial charge in [-0.15, -0.1) is 0 Å². The number of ether oxygens (including phenoxy) is 2. The van der Waals surface area contributed by atoms with Crippen molar-refractivity contribution in [1.29, 1.82) is 0 Å². The zero-order valence-corrected chi connectivity index (χ0v) is 14.8. The summed E-state index contributed by atoms with van der Waals surface area (Å²) in [6, 6.07) is 11.5. The number of amides is 1. The van der Waals surface area contributed by atoms with Gasteiger partial charge in [0.1, 0.15) is 12.4 Å². The maximum Gasteiger partial charge on any atom is 0.416 e. The van der Waals surface area contributed by atoms with Crippen molar-refractivity contribution in [2.75, 3.05) is 37.0 Å². The lowest BCUT2D eigenvalue weighted by Gasteiger charge is -2.11. The Kier molecular flexibility index (Phi) is 7.48. The van der Waals surface area contributed by atoms with Crippen LogP contribution in [0.5, 0.6) is 5.75 Å². The van der Waals surface area contributed by atoms with Gasteiger partial charge in [-0.25, -0.2) is 0 Å². The van der Waals surface area contributed by atoms with Crippen LogP contribution in [0.15, 0.2) is 48.5 Å². The molecule has 0 aliphatic rings. The summed E-state index contributed by atoms with van der Waals surface area (Å²) in [5.74, 6) is 0.162. The summed E-state index contributed by atoms with van der Waals surface area (Å²) >= 11 is 0. The van der Waals surface area contributed by atoms with Crippen molar-refractivity contribution in [1.82, 2.24) is 0 Å². The molecule has 0 atom stereocenters. The molecule has 2 aromatic carbocycles. The Morgan fingerprint density at radius 2 is 1.78 bits per heavy atom. The number of halogens is 3. The Hall–Kier alpha value is -2.74. The fourth-order valence-electron chi connectivity index (χ4n) is 2.22. The summed E-state index contributed by atoms with van der Waals surface area (Å²) in [6.07, 6.45) is -4.46. The Balaban J connectivity index is 1.85. The zero-order chi connectivity index (χ0) is 19.7. The number of alkyl halides is 3. The van der Waals surface area contributed by atoms with Crippen LogP contribution < -0.4 is 15.4 Å². The second-order valence-corrected chi connectivity index (χ2v) is 5.55. The number of rotatable bonds is 9. The predicted octanol–water partition coefficient (Wildman–Crippen LogP) is 4.17. The van der Waals surface area contributed by atoms with Crippen LogP contribution >= 0.6 is 0 Å². The van der Waals surface area contributed by atoms with Crippen LogP contribution in [-0.2, 0) is 15.7 Å². The number of nitrogens with one attached hydrogen (secondary N) is 2. The lowest BCUT2D eigenvalue weighted by Crippen LogP contribution is -2.22. The lowest BCUT2D eigenvalue weighted by molar-refractivity contribution is -0.137. The number of carbonyl (C=O) groups excluding carboxylic acids is 1. The van der Waals surface area contributed by atoms with Crippen LogP contribution in [0.2, 0.25) is 0 Å². The molecule has 0 bridgehead atoms. The Bertz CT molecular complexity index is 751. The first kappa shape index (κ1) is 20.6. The molecule has 27 heavy (non-hydrogen) atoms. The van der Waals surface area contributed by atoms with E-state index in [0.29, 0.717) is 31.3 Å². The van der Waals surface area contributed by atoms with Crippen molar-refractivity contribution in [2.24, 2.45) is 0 Å². The molecule has 0 unspecified atom stereocenters. The number of hydrogen-bond donors (Lipinski definition) is 2. The number of carbonyl (C=O) groups is 1. The molecule has 0 aliphatic carbocycles. The maximum atomic E-state index is 12.7. The van der Waals surface area contributed by atoms with E-state index in [1.165, 1.54) is 12.1 Å². The zero-order valence-electron chi connectivity index (χ0n) is 14.8. The largest absolute Gasteiger partial charge is 0.491 e. The molecule has 8 heteroatoms. The molecule has 0 fully saturated rings. The third-order valence-electron chi connectivity index (χ3n) is 3.46. The molecule has 0 aliphatic heterocycles. The van der Waals surface area contributed by atoms with Crippen LogP contribution in [0.1, 0.15) is 12.5 Å². The third kappa shape index (κ3) is 7.18. The highest BCUT2D eigenvalue weighted by molar-refractivity contribution is 5.93. The van der Waals surface area contributed by atoms with Crippen molar-refractivity contribution >= 4 is 17.3 Å². The predicted molar refractivity (Wildman–Crippen MR) is 97.0 cm³/mol. The van der Waals surface area contributed by atoms with E-state index in [1.807, 2.05) is 6.92 Å². The second kappa shape index (κ2) is 9.82. The molecular weight excluding hydrogens is 361 g/mol. The SMILES string of the molecule is CCOCCOc1cccc(NCC(=O)Nc2cccc(C(F)(F)F)c2)c1. The molecule has 146 valence electrons. The third-order valence-corrected chi connectivity index (χ3v) is 3.46. The first-order chi connectivity index (χ1) is 12.9. The first-order valence-corrected chi connectivity index (χ1v) is 8.40. The van der Waals surface area contributed by atoms with E-state index in [4.69, 9.17) is 9.47 Å². The molecular formula is C19H21F3N2O3. The van der Waals surface area contributed by atoms with Crippen LogP contribution in [-0.4, -0.2) is 32.3 Å². The van der Waals surface area contributed by atoms with Gasteiger partial charge in [0.2, 0.25) is 5.91 Å². The van der Waals surface area contributed by atoms with Gasteiger partial charge < -0.3 is 20.1 Å². The summed E-state index contributed by atoms with van der Waals surface area (Å²) in [4.78, 5) is 12.0. The minimum atomic E-state index is -4.46. The smallest absolute Gasteiger partial charge is 0.416 e. The highest BCUT2D eigenvalue weighted by Gasteiger charge is 2.30. The van der Waals surface area contributed by atoms with Gasteiger partial charge in [-0.2, -0.15) is 13.2 Å². The molecule has 1 amide bonds. The van der Waals surface area contributed by atoms with Gasteiger partial charge in [0.05, 0.1) is 18.7 Å². The van der Waals surface area contributed by atoms with Crippen LogP contribution in [0.3, 0.4) is 0 Å². The summed E-state index contributed by atoms with van der Waals surface area (Å²) in [5.41, 5.74) is -0.0714. The van der Waals surface area contributed by atoms with Gasteiger partial charge >= 0.3 is 6.18 Å². The second-order valence-electron chi connectivity index (χ2n) is 5.55. The molecule has 0 radical (unpaired) electrons. The normalized spacial score (nSPS) is 11.1. The van der Waals surface area contributed by atoms with E-state index in [0.717, 1.165) is 12.1 Å². The Morgan fingerprint density at radius 3 is 2.52 bits per heavy atom. The van der Waals surface area contributed by atoms with E-state index >= 15 is 0 Å². The van der Waals surface area contributed by atoms with Gasteiger partial charge in [0.15, 0.2) is 0 Å². The van der Waals surface area contributed by atoms with Gasteiger partial charge in [-0.3, -0.25) is 4.79 Å². The number of anilines is 2. The highest BCUT2D eigenvalue weighted by atomic mass is 19.4. The van der Waals surface area contributed by atoms with E-state index in [-0.39, 0.29) is 12.2 Å². The highest BCUT2D eigenvalue weighted by Crippen LogP contribution is 2.30. The quantitative estimate of drug-likeness (QED) is 0.639. The van der Waals surface area contributed by atoms with E-state index in [1.54, 1.807) is 24.3 Å². The fraction of sp³-hybridized carbons (Fsp3) is 0.316. The minimum Gasteiger partial charge on any atom is -0.491 e. The average Bonchev–Trinajstić information content (AvgIpc) is 2.63. The minimum absolute atomic E-state index is 0.0876. The van der Waals surface area contributed by atoms with Crippen molar-refractivity contribution in [3.8, 4) is 5.75 Å². The first-order valence-electron chi connectivity index (χ1n) is 8.40. The monoisotopic (exact) mass is 382 g/mol. The molecule has 0 aromatic heterocycles. The molecule has 2 aromatic rings. The van der Waals surface area contributed by atoms with Crippen molar-refractivity contribution < 1.29 is 27.4 Å². The molecule has 0 saturated carbocycles. The topological polar surface area (TPSA) is 59.6 Å². The van der Waals surface area contributed by atoms with Gasteiger partial charge in [0.25, 0.3) is 0 Å². The Morgan fingerprint density at radius 1 is 1.04 bits per heavy atom. The summed E-state index contributed by atoms with van der Waals surface area (Å²) in [5, 5.41) is 5.34. The molecule has 0 saturated heterocycles. The molecule has 2 N–H and O–H groups in total. The molecule has 2 rings (SSSR count). The van der Waals surface area contributed by atoms with Crippen molar-refractivity contribution in [2.45, 2.75) is 13.1 Å². The standard InChI is InChI=1S/C19H21F3N2O3/c1-2-26-9-10-27-17-8-4-6-15(12-17)23-13-18(25)24-16-7-3-5-14(11-16)19(20,21)22/h3-8,11-12,23H,2,9-10,13H2,1H3,(H,24,25). The molecule has 5 nitrogen and oxygen atoms in total. The number of hydrogen-bond acceptors (Lipinski definition) is 4. The summed E-state index contributed by atoms with van der Waals surface area (Å²) in [7, 11) is 0. The van der Waals surface area contributed by atoms with E-state index < -0.39 is 17.6 Å². The lowest BCUT2D eigenvalue weighted by atomic mass is 10.2. The summed E-state index contributed by atoms with van der Waals surface area (Å²) < 4.78 is 48.8. The molecule has 0 heterocycles. The van der Waals surface area contributed by atoms with E-state index in [9.17, 15) is 18.0 Å². The fourth-order valence-corrected chi connectivity index (χ4v) is 2.22. The van der Waals surface area contributed by atoms with Gasteiger partial charge in [0, 0.05) is 24.0 Å². The van der Waals surface area contributed by atoms with Crippen molar-refractivity contribution in [3.05, 3.63) is 54.1 Å². The van der Waals surface area contributed by atoms with Gasteiger partial charge in [-0.1, -0.05) is 12.1 Å². The van der Waals surface area contributed by atoms with Gasteiger partial charge in [-0.05, 0) is 37.3 Å². The van der Waals surface area contributed by atoms with Crippen LogP contribution in [0.4, 0.5) is 24.5 Å². The van der Waals surface area contributed by atoms with Crippen molar-refractivity contribution in [3.63, 3.8) is 0 Å². The summed E-state index contributed by atoms with van der Waals surface area (Å²) in [6.45, 7) is 3.31. The van der Waals surface area contributed by atoms with Crippen LogP contribution in [0, 0.1) is 0 Å². The maximum absolute atomic E-state index is 12.7. The average molecular weight is 382 g/mol. The Labute approximate surface area is 155 Å². The number of benzene rings is 2.